The minimum atomic E-state index is -4.34. The average Bonchev–Trinajstić information content (AvgIpc) is 3.33. The number of hydrogen-bond donors (Lipinski definition) is 3. The summed E-state index contributed by atoms with van der Waals surface area (Å²) in [6, 6.07) is -0.845. The Balaban J connectivity index is 4.03. The molecule has 0 radical (unpaired) electrons. The molecule has 0 fully saturated rings. The Hall–Kier alpha value is -1.28. The maximum absolute atomic E-state index is 13.0. The minimum absolute atomic E-state index is 0.0629. The van der Waals surface area contributed by atoms with Crippen molar-refractivity contribution in [3.63, 3.8) is 0 Å². The van der Waals surface area contributed by atoms with Crippen LogP contribution >= 0.6 is 7.82 Å². The lowest BCUT2D eigenvalue weighted by atomic mass is 10.0. The molecule has 0 aromatic carbocycles. The van der Waals surface area contributed by atoms with E-state index in [1.807, 2.05) is 27.2 Å². The van der Waals surface area contributed by atoms with E-state index in [1.165, 1.54) is 238 Å². The summed E-state index contributed by atoms with van der Waals surface area (Å²) in [5, 5.41) is 13.9. The molecule has 0 spiro atoms. The van der Waals surface area contributed by atoms with E-state index in [2.05, 4.69) is 43.5 Å². The van der Waals surface area contributed by atoms with E-state index >= 15 is 0 Å². The Kier molecular flexibility index (Phi) is 52.6. The molecular weight excluding hydrogens is 900 g/mol. The lowest BCUT2D eigenvalue weighted by Crippen LogP contribution is -2.45. The van der Waals surface area contributed by atoms with Crippen LogP contribution in [-0.2, 0) is 18.4 Å². The molecule has 0 aromatic heterocycles. The molecule has 0 aliphatic rings. The third-order valence-corrected chi connectivity index (χ3v) is 15.1. The first-order chi connectivity index (χ1) is 34.5. The fraction of sp³-hybridized carbons (Fsp3) is 0.887. The summed E-state index contributed by atoms with van der Waals surface area (Å²) in [4.78, 5) is 23.3. The number of likely N-dealkylation sites (N-methyl/N-ethyl adjacent to an activating group) is 1. The fourth-order valence-electron chi connectivity index (χ4n) is 9.25. The van der Waals surface area contributed by atoms with Crippen LogP contribution in [0.3, 0.4) is 0 Å². The van der Waals surface area contributed by atoms with E-state index in [9.17, 15) is 19.4 Å². The molecule has 71 heavy (non-hydrogen) atoms. The number of nitrogens with zero attached hydrogens (tertiary/aromatic N) is 1. The summed E-state index contributed by atoms with van der Waals surface area (Å²) >= 11 is 0. The number of allylic oxidation sites excluding steroid dienone is 5. The van der Waals surface area contributed by atoms with Crippen LogP contribution in [0.1, 0.15) is 303 Å². The molecule has 0 heterocycles. The van der Waals surface area contributed by atoms with Gasteiger partial charge in [-0.1, -0.05) is 281 Å². The monoisotopic (exact) mass is 1020 g/mol. The number of rotatable bonds is 57. The number of phosphoric acid groups is 1. The Morgan fingerprint density at radius 2 is 0.803 bits per heavy atom. The predicted molar refractivity (Wildman–Crippen MR) is 309 cm³/mol. The zero-order valence-electron chi connectivity index (χ0n) is 48.0. The first-order valence-corrected chi connectivity index (χ1v) is 32.4. The number of nitrogens with one attached hydrogen (secondary N) is 1. The number of carbonyl (C=O) groups is 1. The number of aliphatic hydroxyl groups is 1. The second kappa shape index (κ2) is 53.5. The number of quaternary nitrogens is 1. The topological polar surface area (TPSA) is 105 Å². The highest BCUT2D eigenvalue weighted by Crippen LogP contribution is 2.43. The Labute approximate surface area is 442 Å². The first kappa shape index (κ1) is 69.7. The van der Waals surface area contributed by atoms with Crippen LogP contribution in [0.4, 0.5) is 0 Å². The second-order valence-electron chi connectivity index (χ2n) is 22.4. The zero-order valence-corrected chi connectivity index (χ0v) is 48.9. The first-order valence-electron chi connectivity index (χ1n) is 30.9. The molecule has 0 aliphatic heterocycles. The van der Waals surface area contributed by atoms with Crippen molar-refractivity contribution in [2.24, 2.45) is 0 Å². The Morgan fingerprint density at radius 1 is 0.479 bits per heavy atom. The molecule has 3 N–H and O–H groups in total. The van der Waals surface area contributed by atoms with Crippen molar-refractivity contribution < 1.29 is 32.9 Å². The van der Waals surface area contributed by atoms with E-state index in [0.29, 0.717) is 17.4 Å². The van der Waals surface area contributed by atoms with Crippen LogP contribution in [0.2, 0.25) is 0 Å². The molecule has 3 atom stereocenters. The minimum Gasteiger partial charge on any atom is -0.387 e. The number of aliphatic hydroxyl groups excluding tert-OH is 1. The average molecular weight is 1020 g/mol. The van der Waals surface area contributed by atoms with Crippen LogP contribution in [0.5, 0.6) is 0 Å². The molecule has 9 heteroatoms. The van der Waals surface area contributed by atoms with Crippen LogP contribution in [0, 0.1) is 0 Å². The predicted octanol–water partition coefficient (Wildman–Crippen LogP) is 18.9. The molecular formula is C62H122N2O6P+. The number of amides is 1. The molecule has 0 rings (SSSR count). The Morgan fingerprint density at radius 3 is 1.15 bits per heavy atom. The van der Waals surface area contributed by atoms with Gasteiger partial charge in [0, 0.05) is 6.42 Å². The highest BCUT2D eigenvalue weighted by Gasteiger charge is 2.27. The summed E-state index contributed by atoms with van der Waals surface area (Å²) in [5.41, 5.74) is 0. The molecule has 8 nitrogen and oxygen atoms in total. The van der Waals surface area contributed by atoms with Gasteiger partial charge in [0.2, 0.25) is 5.91 Å². The number of hydrogen-bond acceptors (Lipinski definition) is 5. The smallest absolute Gasteiger partial charge is 0.387 e. The van der Waals surface area contributed by atoms with Gasteiger partial charge in [-0.2, -0.15) is 0 Å². The lowest BCUT2D eigenvalue weighted by Gasteiger charge is -2.25. The quantitative estimate of drug-likeness (QED) is 0.0243. The SMILES string of the molecule is CCCCCCCCCCC/C=C\C/C=C\CCCCCCCCCCCCCCCCCCCC(=O)NC(COP(=O)(O)OCC[N+](C)(C)C)C(O)/C=C/CCCCCCCCCCCCCCCC. The van der Waals surface area contributed by atoms with Crippen molar-refractivity contribution in [1.82, 2.24) is 5.32 Å². The van der Waals surface area contributed by atoms with Gasteiger partial charge in [-0.25, -0.2) is 4.57 Å². The van der Waals surface area contributed by atoms with Crippen LogP contribution in [0.15, 0.2) is 36.5 Å². The van der Waals surface area contributed by atoms with Gasteiger partial charge >= 0.3 is 7.82 Å². The van der Waals surface area contributed by atoms with E-state index in [-0.39, 0.29) is 19.1 Å². The molecule has 0 aliphatic carbocycles. The molecule has 1 amide bonds. The van der Waals surface area contributed by atoms with Crippen molar-refractivity contribution in [3.8, 4) is 0 Å². The van der Waals surface area contributed by atoms with E-state index in [0.717, 1.165) is 44.9 Å². The van der Waals surface area contributed by atoms with E-state index in [1.54, 1.807) is 6.08 Å². The molecule has 0 aromatic rings. The maximum atomic E-state index is 13.0. The maximum Gasteiger partial charge on any atom is 0.472 e. The molecule has 0 saturated carbocycles. The summed E-state index contributed by atoms with van der Waals surface area (Å²) in [6.45, 7) is 4.85. The van der Waals surface area contributed by atoms with Crippen LogP contribution in [0.25, 0.3) is 0 Å². The molecule has 0 bridgehead atoms. The molecule has 0 saturated heterocycles. The summed E-state index contributed by atoms with van der Waals surface area (Å²) in [5.74, 6) is -0.173. The van der Waals surface area contributed by atoms with Gasteiger partial charge in [0.1, 0.15) is 13.2 Å². The summed E-state index contributed by atoms with van der Waals surface area (Å²) in [6.07, 6.45) is 69.8. The number of unbranched alkanes of at least 4 members (excludes halogenated alkanes) is 40. The van der Waals surface area contributed by atoms with Crippen LogP contribution in [-0.4, -0.2) is 73.4 Å². The van der Waals surface area contributed by atoms with Crippen molar-refractivity contribution in [1.29, 1.82) is 0 Å². The molecule has 3 unspecified atom stereocenters. The normalized spacial score (nSPS) is 14.1. The van der Waals surface area contributed by atoms with E-state index < -0.39 is 20.0 Å². The largest absolute Gasteiger partial charge is 0.472 e. The van der Waals surface area contributed by atoms with Gasteiger partial charge in [0.05, 0.1) is 39.9 Å². The van der Waals surface area contributed by atoms with Crippen LogP contribution < -0.4 is 5.32 Å². The summed E-state index contributed by atoms with van der Waals surface area (Å²) < 4.78 is 23.7. The molecule has 420 valence electrons. The lowest BCUT2D eigenvalue weighted by molar-refractivity contribution is -0.870. The van der Waals surface area contributed by atoms with Gasteiger partial charge < -0.3 is 19.8 Å². The van der Waals surface area contributed by atoms with Gasteiger partial charge in [0.15, 0.2) is 0 Å². The second-order valence-corrected chi connectivity index (χ2v) is 23.9. The van der Waals surface area contributed by atoms with Gasteiger partial charge in [-0.3, -0.25) is 13.8 Å². The highest BCUT2D eigenvalue weighted by molar-refractivity contribution is 7.47. The third-order valence-electron chi connectivity index (χ3n) is 14.1. The van der Waals surface area contributed by atoms with Gasteiger partial charge in [-0.05, 0) is 51.4 Å². The number of phosphoric ester groups is 1. The number of carbonyl (C=O) groups excluding carboxylic acids is 1. The third kappa shape index (κ3) is 56.3. The van der Waals surface area contributed by atoms with Gasteiger partial charge in [-0.15, -0.1) is 0 Å². The van der Waals surface area contributed by atoms with Gasteiger partial charge in [0.25, 0.3) is 0 Å². The highest BCUT2D eigenvalue weighted by atomic mass is 31.2. The van der Waals surface area contributed by atoms with E-state index in [4.69, 9.17) is 9.05 Å². The Bertz CT molecular complexity index is 1250. The standard InChI is InChI=1S/C62H121N2O6P/c1-6-8-10-12-14-16-18-20-22-24-25-26-27-28-29-30-31-32-33-34-35-36-37-38-39-40-42-44-46-48-50-52-54-56-62(66)63-60(59-70-71(67,68)69-58-57-64(3,4)5)61(65)55-53-51-49-47-45-43-41-23-21-19-17-15-13-11-9-7-2/h25-26,28-29,53,55,60-61,65H,6-24,27,30-52,54,56-59H2,1-5H3,(H-,63,66,67,68)/p+1/b26-25-,29-28-,55-53+. The van der Waals surface area contributed by atoms with Crippen molar-refractivity contribution in [3.05, 3.63) is 36.5 Å². The van der Waals surface area contributed by atoms with Crippen molar-refractivity contribution in [2.45, 2.75) is 315 Å². The summed E-state index contributed by atoms with van der Waals surface area (Å²) in [7, 11) is 1.58. The zero-order chi connectivity index (χ0) is 52.0. The van der Waals surface area contributed by atoms with Crippen molar-refractivity contribution in [2.75, 3.05) is 40.9 Å². The van der Waals surface area contributed by atoms with Crippen molar-refractivity contribution >= 4 is 13.7 Å². The fourth-order valence-corrected chi connectivity index (χ4v) is 9.99.